The number of imidazole rings is 1. The summed E-state index contributed by atoms with van der Waals surface area (Å²) in [5.41, 5.74) is 2.34. The predicted octanol–water partition coefficient (Wildman–Crippen LogP) is 5.54. The molecule has 0 saturated carbocycles. The van der Waals surface area contributed by atoms with Crippen LogP contribution in [0.1, 0.15) is 5.56 Å². The summed E-state index contributed by atoms with van der Waals surface area (Å²) >= 11 is 0. The van der Waals surface area contributed by atoms with Gasteiger partial charge in [0.05, 0.1) is 12.5 Å². The standard InChI is InChI=1S/C18H10F12N6O2/c19-13(15(21,22)23)17(27,28)37-8-2-1-7(3-9(8)38-18(29,30)14(20)16(24,25)26)4-35-36-12-10-11(32-5-31-10)33-6-34-12/h1-6,13-14H,(H2,31,32,33,34,36)/b35-4-/t13-,14+/m0/s1. The first-order valence-electron chi connectivity index (χ1n) is 9.54. The lowest BCUT2D eigenvalue weighted by atomic mass is 10.2. The Balaban J connectivity index is 1.94. The van der Waals surface area contributed by atoms with Gasteiger partial charge in [0.2, 0.25) is 0 Å². The molecule has 0 aliphatic heterocycles. The summed E-state index contributed by atoms with van der Waals surface area (Å²) in [5, 5.41) is 3.61. The first-order valence-corrected chi connectivity index (χ1v) is 9.54. The lowest BCUT2D eigenvalue weighted by molar-refractivity contribution is -0.312. The summed E-state index contributed by atoms with van der Waals surface area (Å²) in [5.74, 6) is -3.58. The highest BCUT2D eigenvalue weighted by atomic mass is 19.4. The summed E-state index contributed by atoms with van der Waals surface area (Å²) in [6.07, 6.45) is -30.9. The van der Waals surface area contributed by atoms with Crippen molar-refractivity contribution in [3.63, 3.8) is 0 Å². The number of rotatable bonds is 9. The van der Waals surface area contributed by atoms with Gasteiger partial charge in [0.25, 0.3) is 12.3 Å². The molecular weight excluding hydrogens is 560 g/mol. The summed E-state index contributed by atoms with van der Waals surface area (Å²) < 4.78 is 163. The van der Waals surface area contributed by atoms with E-state index in [2.05, 4.69) is 39.9 Å². The maximum atomic E-state index is 13.8. The van der Waals surface area contributed by atoms with E-state index in [1.807, 2.05) is 0 Å². The fraction of sp³-hybridized carbons (Fsp3) is 0.333. The molecule has 0 unspecified atom stereocenters. The van der Waals surface area contributed by atoms with Crippen molar-refractivity contribution < 1.29 is 62.2 Å². The molecule has 0 bridgehead atoms. The highest BCUT2D eigenvalue weighted by molar-refractivity contribution is 5.84. The molecule has 2 heterocycles. The molecule has 0 aliphatic rings. The van der Waals surface area contributed by atoms with Gasteiger partial charge in [0, 0.05) is 0 Å². The number of anilines is 1. The second kappa shape index (κ2) is 10.0. The number of aromatic nitrogens is 4. The Morgan fingerprint density at radius 2 is 1.39 bits per heavy atom. The molecule has 2 N–H and O–H groups in total. The van der Waals surface area contributed by atoms with E-state index in [0.29, 0.717) is 6.07 Å². The second-order valence-corrected chi connectivity index (χ2v) is 7.04. The minimum Gasteiger partial charge on any atom is -0.426 e. The summed E-state index contributed by atoms with van der Waals surface area (Å²) in [4.78, 5) is 14.1. The first kappa shape index (κ1) is 28.6. The van der Waals surface area contributed by atoms with Gasteiger partial charge in [-0.1, -0.05) is 0 Å². The average Bonchev–Trinajstić information content (AvgIpc) is 3.28. The quantitative estimate of drug-likeness (QED) is 0.199. The fourth-order valence-corrected chi connectivity index (χ4v) is 2.56. The monoisotopic (exact) mass is 570 g/mol. The van der Waals surface area contributed by atoms with E-state index in [-0.39, 0.29) is 29.1 Å². The predicted molar refractivity (Wildman–Crippen MR) is 102 cm³/mol. The Labute approximate surface area is 201 Å². The highest BCUT2D eigenvalue weighted by Gasteiger charge is 2.61. The minimum absolute atomic E-state index is 0.0120. The lowest BCUT2D eigenvalue weighted by Gasteiger charge is -2.27. The van der Waals surface area contributed by atoms with Crippen LogP contribution in [0.4, 0.5) is 58.5 Å². The van der Waals surface area contributed by atoms with Crippen molar-refractivity contribution in [3.05, 3.63) is 36.4 Å². The summed E-state index contributed by atoms with van der Waals surface area (Å²) in [7, 11) is 0. The molecule has 1 aromatic carbocycles. The SMILES string of the molecule is F[C@H](C(F)(F)F)C(F)(F)Oc1cc(/C=N\Nc2ncnc3nc[nH]c23)ccc1OC(F)(F)[C@@H](F)C(F)(F)F. The first-order chi connectivity index (χ1) is 17.4. The molecule has 0 saturated heterocycles. The number of hydrazone groups is 1. The molecular formula is C18H10F12N6O2. The Kier molecular flexibility index (Phi) is 7.55. The van der Waals surface area contributed by atoms with Crippen LogP contribution in [0.3, 0.4) is 0 Å². The molecule has 0 spiro atoms. The molecule has 3 aromatic rings. The van der Waals surface area contributed by atoms with Crippen LogP contribution in [0.15, 0.2) is 36.0 Å². The van der Waals surface area contributed by atoms with E-state index in [9.17, 15) is 52.7 Å². The van der Waals surface area contributed by atoms with Crippen molar-refractivity contribution in [2.45, 2.75) is 36.9 Å². The molecule has 2 aromatic heterocycles. The van der Waals surface area contributed by atoms with E-state index in [1.54, 1.807) is 0 Å². The normalized spacial score (nSPS) is 15.1. The van der Waals surface area contributed by atoms with Gasteiger partial charge in [-0.3, -0.25) is 5.43 Å². The zero-order valence-electron chi connectivity index (χ0n) is 17.8. The third-order valence-electron chi connectivity index (χ3n) is 4.23. The van der Waals surface area contributed by atoms with Crippen LogP contribution in [-0.4, -0.2) is 63.1 Å². The third kappa shape index (κ3) is 6.46. The van der Waals surface area contributed by atoms with Crippen LogP contribution in [0.5, 0.6) is 11.5 Å². The van der Waals surface area contributed by atoms with Crippen molar-refractivity contribution in [2.24, 2.45) is 5.10 Å². The second-order valence-electron chi connectivity index (χ2n) is 7.04. The van der Waals surface area contributed by atoms with Gasteiger partial charge in [-0.15, -0.1) is 0 Å². The maximum Gasteiger partial charge on any atom is 0.439 e. The van der Waals surface area contributed by atoms with Gasteiger partial charge >= 0.3 is 24.6 Å². The Morgan fingerprint density at radius 1 is 0.816 bits per heavy atom. The molecule has 0 radical (unpaired) electrons. The van der Waals surface area contributed by atoms with Crippen molar-refractivity contribution in [2.75, 3.05) is 5.43 Å². The number of nitrogens with one attached hydrogen (secondary N) is 2. The molecule has 3 rings (SSSR count). The lowest BCUT2D eigenvalue weighted by Crippen LogP contribution is -2.47. The number of ether oxygens (including phenoxy) is 2. The number of benzene rings is 1. The van der Waals surface area contributed by atoms with Gasteiger partial charge in [0.1, 0.15) is 11.8 Å². The molecule has 0 aliphatic carbocycles. The average molecular weight is 570 g/mol. The number of aromatic amines is 1. The van der Waals surface area contributed by atoms with Crippen LogP contribution >= 0.6 is 0 Å². The Morgan fingerprint density at radius 3 is 1.97 bits per heavy atom. The molecule has 208 valence electrons. The summed E-state index contributed by atoms with van der Waals surface area (Å²) in [6, 6.07) is 1.15. The number of hydrogen-bond donors (Lipinski definition) is 2. The van der Waals surface area contributed by atoms with Crippen molar-refractivity contribution in [1.29, 1.82) is 0 Å². The van der Waals surface area contributed by atoms with Gasteiger partial charge in [-0.2, -0.15) is 49.0 Å². The van der Waals surface area contributed by atoms with E-state index >= 15 is 0 Å². The molecule has 0 amide bonds. The van der Waals surface area contributed by atoms with Crippen molar-refractivity contribution in [3.8, 4) is 11.5 Å². The van der Waals surface area contributed by atoms with Crippen molar-refractivity contribution in [1.82, 2.24) is 19.9 Å². The van der Waals surface area contributed by atoms with Crippen LogP contribution in [0.2, 0.25) is 0 Å². The maximum absolute atomic E-state index is 13.8. The van der Waals surface area contributed by atoms with Crippen LogP contribution in [-0.2, 0) is 0 Å². The van der Waals surface area contributed by atoms with Gasteiger partial charge in [0.15, 0.2) is 23.0 Å². The molecule has 20 heteroatoms. The fourth-order valence-electron chi connectivity index (χ4n) is 2.56. The van der Waals surface area contributed by atoms with Gasteiger partial charge < -0.3 is 14.5 Å². The molecule has 0 fully saturated rings. The van der Waals surface area contributed by atoms with Crippen LogP contribution in [0, 0.1) is 0 Å². The zero-order valence-corrected chi connectivity index (χ0v) is 17.8. The number of alkyl halides is 12. The topological polar surface area (TPSA) is 97.3 Å². The smallest absolute Gasteiger partial charge is 0.426 e. The van der Waals surface area contributed by atoms with Gasteiger partial charge in [-0.25, -0.2) is 23.7 Å². The van der Waals surface area contributed by atoms with E-state index in [4.69, 9.17) is 0 Å². The zero-order chi connectivity index (χ0) is 28.5. The van der Waals surface area contributed by atoms with E-state index in [1.165, 1.54) is 6.33 Å². The molecule has 38 heavy (non-hydrogen) atoms. The van der Waals surface area contributed by atoms with E-state index in [0.717, 1.165) is 12.5 Å². The number of nitrogens with zero attached hydrogens (tertiary/aromatic N) is 4. The largest absolute Gasteiger partial charge is 0.439 e. The third-order valence-corrected chi connectivity index (χ3v) is 4.23. The molecule has 8 nitrogen and oxygen atoms in total. The minimum atomic E-state index is -6.20. The van der Waals surface area contributed by atoms with E-state index < -0.39 is 54.0 Å². The van der Waals surface area contributed by atoms with Crippen LogP contribution in [0.25, 0.3) is 11.2 Å². The number of fused-ring (bicyclic) bond motifs is 1. The van der Waals surface area contributed by atoms with Crippen molar-refractivity contribution >= 4 is 23.2 Å². The number of H-pyrrole nitrogens is 1. The highest BCUT2D eigenvalue weighted by Crippen LogP contribution is 2.43. The number of halogens is 12. The van der Waals surface area contributed by atoms with Crippen LogP contribution < -0.4 is 14.9 Å². The van der Waals surface area contributed by atoms with Gasteiger partial charge in [-0.05, 0) is 23.8 Å². The number of hydrogen-bond acceptors (Lipinski definition) is 7. The summed E-state index contributed by atoms with van der Waals surface area (Å²) in [6.45, 7) is 0. The Hall–Kier alpha value is -4.00. The Bertz CT molecular complexity index is 1290. The molecule has 2 atom stereocenters.